The SMILES string of the molecule is COC1O[C@H](CO)[C@@H](OCc2ccccc2)[C@@]1(O)Cc1ccccc1. The highest BCUT2D eigenvalue weighted by Crippen LogP contribution is 2.37. The van der Waals surface area contributed by atoms with Crippen molar-refractivity contribution < 1.29 is 24.4 Å². The highest BCUT2D eigenvalue weighted by atomic mass is 16.7. The predicted octanol–water partition coefficient (Wildman–Crippen LogP) is 1.91. The average Bonchev–Trinajstić information content (AvgIpc) is 2.92. The number of benzene rings is 2. The molecule has 1 aliphatic rings. The number of hydrogen-bond acceptors (Lipinski definition) is 5. The van der Waals surface area contributed by atoms with E-state index in [0.717, 1.165) is 11.1 Å². The maximum absolute atomic E-state index is 11.4. The molecule has 0 saturated carbocycles. The molecule has 0 radical (unpaired) electrons. The quantitative estimate of drug-likeness (QED) is 0.803. The van der Waals surface area contributed by atoms with Crippen LogP contribution in [0.3, 0.4) is 0 Å². The fraction of sp³-hybridized carbons (Fsp3) is 0.400. The third-order valence-corrected chi connectivity index (χ3v) is 4.53. The summed E-state index contributed by atoms with van der Waals surface area (Å²) in [5.74, 6) is 0. The highest BCUT2D eigenvalue weighted by Gasteiger charge is 2.56. The lowest BCUT2D eigenvalue weighted by Gasteiger charge is -2.33. The number of rotatable bonds is 7. The van der Waals surface area contributed by atoms with E-state index in [1.165, 1.54) is 7.11 Å². The fourth-order valence-corrected chi connectivity index (χ4v) is 3.32. The van der Waals surface area contributed by atoms with E-state index in [9.17, 15) is 10.2 Å². The van der Waals surface area contributed by atoms with Crippen molar-refractivity contribution in [1.82, 2.24) is 0 Å². The van der Waals surface area contributed by atoms with Gasteiger partial charge in [0.1, 0.15) is 17.8 Å². The molecule has 0 amide bonds. The summed E-state index contributed by atoms with van der Waals surface area (Å²) in [6, 6.07) is 19.3. The van der Waals surface area contributed by atoms with E-state index in [-0.39, 0.29) is 6.61 Å². The molecule has 25 heavy (non-hydrogen) atoms. The zero-order chi connectivity index (χ0) is 17.7. The standard InChI is InChI=1S/C20H24O5/c1-23-19-20(22,12-15-8-4-2-5-9-15)18(17(13-21)25-19)24-14-16-10-6-3-7-11-16/h2-11,17-19,21-22H,12-14H2,1H3/t17-,18-,19?,20+/m1/s1. The second-order valence-corrected chi connectivity index (χ2v) is 6.30. The van der Waals surface area contributed by atoms with E-state index in [0.29, 0.717) is 13.0 Å². The lowest BCUT2D eigenvalue weighted by molar-refractivity contribution is -0.196. The van der Waals surface area contributed by atoms with Crippen LogP contribution in [0.25, 0.3) is 0 Å². The van der Waals surface area contributed by atoms with Crippen LogP contribution in [0.4, 0.5) is 0 Å². The van der Waals surface area contributed by atoms with E-state index >= 15 is 0 Å². The van der Waals surface area contributed by atoms with Crippen LogP contribution in [-0.2, 0) is 27.2 Å². The van der Waals surface area contributed by atoms with Crippen LogP contribution in [0, 0.1) is 0 Å². The summed E-state index contributed by atoms with van der Waals surface area (Å²) in [5, 5.41) is 21.0. The maximum atomic E-state index is 11.4. The Hall–Kier alpha value is -1.76. The molecule has 0 bridgehead atoms. The zero-order valence-corrected chi connectivity index (χ0v) is 14.2. The fourth-order valence-electron chi connectivity index (χ4n) is 3.32. The van der Waals surface area contributed by atoms with Gasteiger partial charge >= 0.3 is 0 Å². The Morgan fingerprint density at radius 1 is 1.00 bits per heavy atom. The van der Waals surface area contributed by atoms with Crippen molar-refractivity contribution in [1.29, 1.82) is 0 Å². The molecule has 1 aliphatic heterocycles. The van der Waals surface area contributed by atoms with Crippen LogP contribution in [0.15, 0.2) is 60.7 Å². The number of ether oxygens (including phenoxy) is 3. The van der Waals surface area contributed by atoms with Crippen molar-refractivity contribution in [2.75, 3.05) is 13.7 Å². The third kappa shape index (κ3) is 3.92. The molecule has 1 unspecified atom stereocenters. The van der Waals surface area contributed by atoms with Crippen molar-refractivity contribution >= 4 is 0 Å². The minimum absolute atomic E-state index is 0.254. The summed E-state index contributed by atoms with van der Waals surface area (Å²) in [7, 11) is 1.48. The first-order valence-electron chi connectivity index (χ1n) is 8.38. The molecule has 1 fully saturated rings. The molecule has 1 heterocycles. The van der Waals surface area contributed by atoms with Gasteiger partial charge in [0.25, 0.3) is 0 Å². The van der Waals surface area contributed by atoms with Gasteiger partial charge in [-0.2, -0.15) is 0 Å². The lowest BCUT2D eigenvalue weighted by atomic mass is 9.88. The third-order valence-electron chi connectivity index (χ3n) is 4.53. The topological polar surface area (TPSA) is 68.2 Å². The maximum Gasteiger partial charge on any atom is 0.189 e. The summed E-state index contributed by atoms with van der Waals surface area (Å²) in [6.45, 7) is 0.0648. The summed E-state index contributed by atoms with van der Waals surface area (Å²) in [6.07, 6.45) is -1.92. The van der Waals surface area contributed by atoms with Gasteiger partial charge in [0.05, 0.1) is 13.2 Å². The van der Waals surface area contributed by atoms with Gasteiger partial charge in [0.15, 0.2) is 6.29 Å². The number of aliphatic hydroxyl groups excluding tert-OH is 1. The second-order valence-electron chi connectivity index (χ2n) is 6.30. The van der Waals surface area contributed by atoms with Crippen LogP contribution < -0.4 is 0 Å². The summed E-state index contributed by atoms with van der Waals surface area (Å²) in [5.41, 5.74) is 0.544. The Morgan fingerprint density at radius 2 is 1.60 bits per heavy atom. The molecule has 2 N–H and O–H groups in total. The molecule has 5 heteroatoms. The Bertz CT molecular complexity index is 648. The van der Waals surface area contributed by atoms with E-state index in [2.05, 4.69) is 0 Å². The van der Waals surface area contributed by atoms with Crippen molar-refractivity contribution in [3.05, 3.63) is 71.8 Å². The molecule has 2 aromatic carbocycles. The summed E-state index contributed by atoms with van der Waals surface area (Å²) < 4.78 is 17.0. The molecule has 3 rings (SSSR count). The highest BCUT2D eigenvalue weighted by molar-refractivity contribution is 5.20. The smallest absolute Gasteiger partial charge is 0.189 e. The van der Waals surface area contributed by atoms with Gasteiger partial charge in [0, 0.05) is 13.5 Å². The van der Waals surface area contributed by atoms with Crippen molar-refractivity contribution in [3.8, 4) is 0 Å². The molecule has 0 aromatic heterocycles. The van der Waals surface area contributed by atoms with E-state index in [4.69, 9.17) is 14.2 Å². The van der Waals surface area contributed by atoms with Crippen LogP contribution in [0.1, 0.15) is 11.1 Å². The molecule has 4 atom stereocenters. The van der Waals surface area contributed by atoms with Crippen LogP contribution in [-0.4, -0.2) is 48.0 Å². The number of hydrogen-bond donors (Lipinski definition) is 2. The van der Waals surface area contributed by atoms with Crippen LogP contribution >= 0.6 is 0 Å². The molecule has 0 aliphatic carbocycles. The molecule has 2 aromatic rings. The van der Waals surface area contributed by atoms with E-state index in [1.54, 1.807) is 0 Å². The van der Waals surface area contributed by atoms with Crippen LogP contribution in [0.2, 0.25) is 0 Å². The largest absolute Gasteiger partial charge is 0.394 e. The van der Waals surface area contributed by atoms with Crippen molar-refractivity contribution in [2.45, 2.75) is 37.1 Å². The van der Waals surface area contributed by atoms with Gasteiger partial charge in [-0.3, -0.25) is 0 Å². The first-order valence-corrected chi connectivity index (χ1v) is 8.38. The van der Waals surface area contributed by atoms with Crippen molar-refractivity contribution in [3.63, 3.8) is 0 Å². The molecule has 5 nitrogen and oxygen atoms in total. The first kappa shape index (κ1) is 18.0. The lowest BCUT2D eigenvalue weighted by Crippen LogP contribution is -2.52. The van der Waals surface area contributed by atoms with Gasteiger partial charge in [-0.1, -0.05) is 60.7 Å². The van der Waals surface area contributed by atoms with Gasteiger partial charge in [0.2, 0.25) is 0 Å². The first-order chi connectivity index (χ1) is 12.2. The Kier molecular flexibility index (Phi) is 5.83. The molecule has 1 saturated heterocycles. The Morgan fingerprint density at radius 3 is 2.16 bits per heavy atom. The predicted molar refractivity (Wildman–Crippen MR) is 92.9 cm³/mol. The molecular weight excluding hydrogens is 320 g/mol. The monoisotopic (exact) mass is 344 g/mol. The summed E-state index contributed by atoms with van der Waals surface area (Å²) >= 11 is 0. The van der Waals surface area contributed by atoms with Crippen LogP contribution in [0.5, 0.6) is 0 Å². The minimum atomic E-state index is -1.39. The molecular formula is C20H24O5. The van der Waals surface area contributed by atoms with E-state index in [1.807, 2.05) is 60.7 Å². The molecule has 134 valence electrons. The van der Waals surface area contributed by atoms with Gasteiger partial charge in [-0.05, 0) is 11.1 Å². The summed E-state index contributed by atoms with van der Waals surface area (Å²) in [4.78, 5) is 0. The Balaban J connectivity index is 1.82. The number of aliphatic hydroxyl groups is 2. The molecule has 0 spiro atoms. The van der Waals surface area contributed by atoms with Gasteiger partial charge < -0.3 is 24.4 Å². The van der Waals surface area contributed by atoms with Crippen molar-refractivity contribution in [2.24, 2.45) is 0 Å². The van der Waals surface area contributed by atoms with Gasteiger partial charge in [-0.25, -0.2) is 0 Å². The second kappa shape index (κ2) is 8.08. The normalized spacial score (nSPS) is 29.0. The van der Waals surface area contributed by atoms with E-state index < -0.39 is 24.1 Å². The minimum Gasteiger partial charge on any atom is -0.394 e. The Labute approximate surface area is 147 Å². The van der Waals surface area contributed by atoms with Gasteiger partial charge in [-0.15, -0.1) is 0 Å². The average molecular weight is 344 g/mol. The number of methoxy groups -OCH3 is 1. The zero-order valence-electron chi connectivity index (χ0n) is 14.2.